The van der Waals surface area contributed by atoms with Crippen LogP contribution in [-0.4, -0.2) is 37.8 Å². The summed E-state index contributed by atoms with van der Waals surface area (Å²) in [6.07, 6.45) is 7.61. The first kappa shape index (κ1) is 13.1. The summed E-state index contributed by atoms with van der Waals surface area (Å²) in [5.41, 5.74) is 2.25. The molecule has 0 amide bonds. The molecule has 1 saturated heterocycles. The summed E-state index contributed by atoms with van der Waals surface area (Å²) in [6.45, 7) is 5.10. The van der Waals surface area contributed by atoms with Crippen molar-refractivity contribution in [3.63, 3.8) is 0 Å². The minimum atomic E-state index is 0.372. The Morgan fingerprint density at radius 3 is 3.17 bits per heavy atom. The number of anilines is 2. The van der Waals surface area contributed by atoms with Crippen LogP contribution in [0.25, 0.3) is 0 Å². The Bertz CT molecular complexity index is 370. The van der Waals surface area contributed by atoms with Gasteiger partial charge in [-0.15, -0.1) is 0 Å². The van der Waals surface area contributed by atoms with E-state index >= 15 is 0 Å². The number of nitrogens with one attached hydrogen (secondary N) is 1. The predicted octanol–water partition coefficient (Wildman–Crippen LogP) is 2.52. The van der Waals surface area contributed by atoms with Gasteiger partial charge in [0.1, 0.15) is 0 Å². The van der Waals surface area contributed by atoms with Crippen molar-refractivity contribution < 1.29 is 4.74 Å². The Hall–Kier alpha value is -1.29. The first-order valence-corrected chi connectivity index (χ1v) is 6.83. The quantitative estimate of drug-likeness (QED) is 0.870. The number of rotatable bonds is 5. The maximum Gasteiger partial charge on any atom is 0.0750 e. The van der Waals surface area contributed by atoms with Crippen LogP contribution in [0.1, 0.15) is 26.2 Å². The summed E-state index contributed by atoms with van der Waals surface area (Å²) in [5, 5.41) is 3.13. The van der Waals surface area contributed by atoms with Gasteiger partial charge in [0, 0.05) is 26.7 Å². The molecule has 1 atom stereocenters. The zero-order valence-electron chi connectivity index (χ0n) is 11.4. The van der Waals surface area contributed by atoms with E-state index in [1.807, 2.05) is 19.4 Å². The Morgan fingerprint density at radius 1 is 1.50 bits per heavy atom. The maximum absolute atomic E-state index is 5.86. The lowest BCUT2D eigenvalue weighted by atomic mass is 10.1. The molecule has 1 unspecified atom stereocenters. The highest BCUT2D eigenvalue weighted by Gasteiger charge is 2.20. The highest BCUT2D eigenvalue weighted by atomic mass is 16.5. The zero-order chi connectivity index (χ0) is 12.8. The second kappa shape index (κ2) is 6.59. The summed E-state index contributed by atoms with van der Waals surface area (Å²) in [6, 6.07) is 2.15. The van der Waals surface area contributed by atoms with Crippen LogP contribution in [0.15, 0.2) is 18.5 Å². The molecule has 4 heteroatoms. The van der Waals surface area contributed by atoms with Crippen molar-refractivity contribution in [2.24, 2.45) is 0 Å². The molecule has 0 spiro atoms. The van der Waals surface area contributed by atoms with Gasteiger partial charge in [0.25, 0.3) is 0 Å². The van der Waals surface area contributed by atoms with E-state index in [1.54, 1.807) is 0 Å². The van der Waals surface area contributed by atoms with Crippen LogP contribution in [0.2, 0.25) is 0 Å². The van der Waals surface area contributed by atoms with Crippen molar-refractivity contribution in [1.82, 2.24) is 4.98 Å². The lowest BCUT2D eigenvalue weighted by Gasteiger charge is -2.34. The van der Waals surface area contributed by atoms with Gasteiger partial charge < -0.3 is 15.0 Å². The molecule has 1 aromatic rings. The molecule has 1 N–H and O–H groups in total. The molecule has 4 nitrogen and oxygen atoms in total. The number of hydrogen-bond donors (Lipinski definition) is 1. The first-order chi connectivity index (χ1) is 8.83. The van der Waals surface area contributed by atoms with Crippen molar-refractivity contribution in [2.45, 2.75) is 32.3 Å². The largest absolute Gasteiger partial charge is 0.387 e. The van der Waals surface area contributed by atoms with Crippen LogP contribution < -0.4 is 10.2 Å². The molecule has 1 aliphatic heterocycles. The zero-order valence-corrected chi connectivity index (χ0v) is 11.4. The third-order valence-corrected chi connectivity index (χ3v) is 3.31. The molecule has 1 aromatic heterocycles. The Labute approximate surface area is 109 Å². The minimum Gasteiger partial charge on any atom is -0.387 e. The van der Waals surface area contributed by atoms with Crippen molar-refractivity contribution in [1.29, 1.82) is 0 Å². The van der Waals surface area contributed by atoms with Crippen LogP contribution in [0.3, 0.4) is 0 Å². The first-order valence-electron chi connectivity index (χ1n) is 6.83. The van der Waals surface area contributed by atoms with Crippen LogP contribution >= 0.6 is 0 Å². The van der Waals surface area contributed by atoms with Gasteiger partial charge in [0.05, 0.1) is 29.9 Å². The smallest absolute Gasteiger partial charge is 0.0750 e. The van der Waals surface area contributed by atoms with Crippen molar-refractivity contribution in [3.05, 3.63) is 18.5 Å². The van der Waals surface area contributed by atoms with E-state index in [9.17, 15) is 0 Å². The predicted molar refractivity (Wildman–Crippen MR) is 75.3 cm³/mol. The van der Waals surface area contributed by atoms with E-state index in [1.165, 1.54) is 18.5 Å². The highest BCUT2D eigenvalue weighted by molar-refractivity contribution is 5.55. The third-order valence-electron chi connectivity index (χ3n) is 3.31. The van der Waals surface area contributed by atoms with E-state index in [-0.39, 0.29) is 0 Å². The third kappa shape index (κ3) is 3.35. The summed E-state index contributed by atoms with van der Waals surface area (Å²) in [7, 11) is 1.92. The second-order valence-electron chi connectivity index (χ2n) is 4.76. The topological polar surface area (TPSA) is 37.4 Å². The molecular weight excluding hydrogens is 226 g/mol. The molecule has 1 aliphatic rings. The molecule has 0 saturated carbocycles. The molecule has 0 aliphatic carbocycles. The lowest BCUT2D eigenvalue weighted by molar-refractivity contribution is 0.0440. The Morgan fingerprint density at radius 2 is 2.39 bits per heavy atom. The number of piperidine rings is 1. The fraction of sp³-hybridized carbons (Fsp3) is 0.643. The fourth-order valence-corrected chi connectivity index (χ4v) is 2.33. The van der Waals surface area contributed by atoms with E-state index < -0.39 is 0 Å². The number of aromatic nitrogens is 1. The highest BCUT2D eigenvalue weighted by Crippen LogP contribution is 2.22. The number of pyridine rings is 1. The summed E-state index contributed by atoms with van der Waals surface area (Å²) in [5.74, 6) is 0. The van der Waals surface area contributed by atoms with Crippen molar-refractivity contribution in [3.8, 4) is 0 Å². The molecule has 100 valence electrons. The monoisotopic (exact) mass is 249 g/mol. The van der Waals surface area contributed by atoms with Gasteiger partial charge in [-0.25, -0.2) is 0 Å². The number of nitrogens with zero attached hydrogens (tertiary/aromatic N) is 2. The molecule has 2 heterocycles. The van der Waals surface area contributed by atoms with Crippen LogP contribution in [-0.2, 0) is 4.74 Å². The fourth-order valence-electron chi connectivity index (χ4n) is 2.33. The van der Waals surface area contributed by atoms with E-state index in [0.717, 1.165) is 31.8 Å². The molecule has 0 radical (unpaired) electrons. The number of hydrogen-bond acceptors (Lipinski definition) is 4. The minimum absolute atomic E-state index is 0.372. The summed E-state index contributed by atoms with van der Waals surface area (Å²) >= 11 is 0. The van der Waals surface area contributed by atoms with Gasteiger partial charge in [0.15, 0.2) is 0 Å². The average molecular weight is 249 g/mol. The normalized spacial score (nSPS) is 19.9. The standard InChI is InChI=1S/C14H23N3O/c1-3-7-18-14-5-4-6-17(11-14)13-8-12(15-2)9-16-10-13/h8-10,14-15H,3-7,11H2,1-2H3. The Balaban J connectivity index is 1.98. The maximum atomic E-state index is 5.86. The Kier molecular flexibility index (Phi) is 4.81. The molecular formula is C14H23N3O. The SMILES string of the molecule is CCCOC1CCCN(c2cncc(NC)c2)C1. The van der Waals surface area contributed by atoms with Gasteiger partial charge in [-0.05, 0) is 25.3 Å². The van der Waals surface area contributed by atoms with Gasteiger partial charge in [-0.2, -0.15) is 0 Å². The average Bonchev–Trinajstić information content (AvgIpc) is 2.45. The van der Waals surface area contributed by atoms with Gasteiger partial charge in [0.2, 0.25) is 0 Å². The molecule has 1 fully saturated rings. The van der Waals surface area contributed by atoms with Crippen molar-refractivity contribution >= 4 is 11.4 Å². The second-order valence-corrected chi connectivity index (χ2v) is 4.76. The van der Waals surface area contributed by atoms with Gasteiger partial charge >= 0.3 is 0 Å². The van der Waals surface area contributed by atoms with Crippen LogP contribution in [0.4, 0.5) is 11.4 Å². The molecule has 18 heavy (non-hydrogen) atoms. The molecule has 0 bridgehead atoms. The van der Waals surface area contributed by atoms with Crippen LogP contribution in [0.5, 0.6) is 0 Å². The van der Waals surface area contributed by atoms with E-state index in [4.69, 9.17) is 4.74 Å². The summed E-state index contributed by atoms with van der Waals surface area (Å²) < 4.78 is 5.86. The van der Waals surface area contributed by atoms with Crippen LogP contribution in [0, 0.1) is 0 Å². The van der Waals surface area contributed by atoms with E-state index in [0.29, 0.717) is 6.10 Å². The van der Waals surface area contributed by atoms with Crippen molar-refractivity contribution in [2.75, 3.05) is 37.0 Å². The molecule has 2 rings (SSSR count). The summed E-state index contributed by atoms with van der Waals surface area (Å²) in [4.78, 5) is 6.65. The lowest BCUT2D eigenvalue weighted by Crippen LogP contribution is -2.39. The number of ether oxygens (including phenoxy) is 1. The van der Waals surface area contributed by atoms with Gasteiger partial charge in [-0.1, -0.05) is 6.92 Å². The van der Waals surface area contributed by atoms with Gasteiger partial charge in [-0.3, -0.25) is 4.98 Å². The molecule has 0 aromatic carbocycles. The van der Waals surface area contributed by atoms with E-state index in [2.05, 4.69) is 28.2 Å².